The Balaban J connectivity index is 1.66. The molecule has 21 heavy (non-hydrogen) atoms. The van der Waals surface area contributed by atoms with Crippen molar-refractivity contribution in [1.82, 2.24) is 0 Å². The number of rotatable bonds is 4. The van der Waals surface area contributed by atoms with E-state index < -0.39 is 0 Å². The molecule has 0 atom stereocenters. The minimum Gasteiger partial charge on any atom is -0.493 e. The van der Waals surface area contributed by atoms with Crippen molar-refractivity contribution in [2.45, 2.75) is 31.9 Å². The van der Waals surface area contributed by atoms with Gasteiger partial charge in [-0.2, -0.15) is 0 Å². The molecule has 1 heterocycles. The first-order valence-electron chi connectivity index (χ1n) is 7.59. The van der Waals surface area contributed by atoms with E-state index in [4.69, 9.17) is 15.2 Å². The quantitative estimate of drug-likeness (QED) is 0.935. The third-order valence-electron chi connectivity index (χ3n) is 4.10. The summed E-state index contributed by atoms with van der Waals surface area (Å²) in [6.45, 7) is 1.28. The van der Waals surface area contributed by atoms with E-state index in [2.05, 4.69) is 36.4 Å². The number of benzene rings is 2. The first kappa shape index (κ1) is 12.7. The normalized spacial score (nSPS) is 16.4. The van der Waals surface area contributed by atoms with Crippen LogP contribution in [0.2, 0.25) is 0 Å². The molecule has 3 heteroatoms. The van der Waals surface area contributed by atoms with E-state index in [0.29, 0.717) is 12.6 Å². The fraction of sp³-hybridized carbons (Fsp3) is 0.333. The van der Waals surface area contributed by atoms with Crippen LogP contribution in [0.1, 0.15) is 24.0 Å². The molecule has 1 saturated carbocycles. The van der Waals surface area contributed by atoms with Crippen molar-refractivity contribution in [1.29, 1.82) is 0 Å². The highest BCUT2D eigenvalue weighted by Gasteiger charge is 2.23. The standard InChI is InChI=1S/C18H19NO2/c19-11-15-10-14(9-13-7-8-20-18(13)15)12-1-3-16(4-2-12)21-17-5-6-17/h1-4,9-10,17H,5-8,11,19H2. The molecule has 0 amide bonds. The molecule has 108 valence electrons. The van der Waals surface area contributed by atoms with Gasteiger partial charge in [-0.15, -0.1) is 0 Å². The van der Waals surface area contributed by atoms with Crippen LogP contribution < -0.4 is 15.2 Å². The number of hydrogen-bond donors (Lipinski definition) is 1. The van der Waals surface area contributed by atoms with Gasteiger partial charge in [0.05, 0.1) is 12.7 Å². The molecule has 3 nitrogen and oxygen atoms in total. The molecule has 2 aromatic carbocycles. The third kappa shape index (κ3) is 2.49. The first-order chi connectivity index (χ1) is 10.3. The number of ether oxygens (including phenoxy) is 2. The van der Waals surface area contributed by atoms with E-state index in [9.17, 15) is 0 Å². The molecule has 2 aromatic rings. The van der Waals surface area contributed by atoms with Gasteiger partial charge in [0.25, 0.3) is 0 Å². The average molecular weight is 281 g/mol. The molecule has 0 unspecified atom stereocenters. The second kappa shape index (κ2) is 5.08. The van der Waals surface area contributed by atoms with Crippen molar-refractivity contribution in [3.63, 3.8) is 0 Å². The summed E-state index contributed by atoms with van der Waals surface area (Å²) in [7, 11) is 0. The minimum absolute atomic E-state index is 0.442. The van der Waals surface area contributed by atoms with Crippen LogP contribution >= 0.6 is 0 Å². The zero-order valence-corrected chi connectivity index (χ0v) is 12.0. The maximum atomic E-state index is 5.86. The van der Waals surface area contributed by atoms with E-state index in [1.165, 1.54) is 29.5 Å². The first-order valence-corrected chi connectivity index (χ1v) is 7.59. The number of nitrogens with two attached hydrogens (primary N) is 1. The second-order valence-electron chi connectivity index (χ2n) is 5.77. The lowest BCUT2D eigenvalue weighted by molar-refractivity contribution is 0.303. The van der Waals surface area contributed by atoms with Crippen LogP contribution in [0.3, 0.4) is 0 Å². The second-order valence-corrected chi connectivity index (χ2v) is 5.77. The predicted octanol–water partition coefficient (Wildman–Crippen LogP) is 3.29. The zero-order chi connectivity index (χ0) is 14.2. The summed E-state index contributed by atoms with van der Waals surface area (Å²) in [5.41, 5.74) is 10.6. The maximum Gasteiger partial charge on any atom is 0.127 e. The van der Waals surface area contributed by atoms with Crippen LogP contribution in [0, 0.1) is 0 Å². The van der Waals surface area contributed by atoms with Crippen LogP contribution in [0.4, 0.5) is 0 Å². The summed E-state index contributed by atoms with van der Waals surface area (Å²) < 4.78 is 11.5. The van der Waals surface area contributed by atoms with E-state index >= 15 is 0 Å². The Morgan fingerprint density at radius 2 is 1.90 bits per heavy atom. The van der Waals surface area contributed by atoms with Gasteiger partial charge in [-0.1, -0.05) is 12.1 Å². The van der Waals surface area contributed by atoms with Crippen molar-refractivity contribution in [2.24, 2.45) is 5.73 Å². The Morgan fingerprint density at radius 1 is 1.10 bits per heavy atom. The Labute approximate surface area is 124 Å². The van der Waals surface area contributed by atoms with Crippen molar-refractivity contribution in [3.8, 4) is 22.6 Å². The summed E-state index contributed by atoms with van der Waals surface area (Å²) >= 11 is 0. The highest BCUT2D eigenvalue weighted by Crippen LogP contribution is 2.35. The lowest BCUT2D eigenvalue weighted by atomic mass is 9.98. The molecule has 1 fully saturated rings. The molecule has 2 N–H and O–H groups in total. The van der Waals surface area contributed by atoms with Gasteiger partial charge in [-0.05, 0) is 53.8 Å². The Kier molecular flexibility index (Phi) is 3.08. The summed E-state index contributed by atoms with van der Waals surface area (Å²) in [4.78, 5) is 0. The smallest absolute Gasteiger partial charge is 0.127 e. The predicted molar refractivity (Wildman–Crippen MR) is 82.6 cm³/mol. The van der Waals surface area contributed by atoms with Crippen LogP contribution in [-0.4, -0.2) is 12.7 Å². The Morgan fingerprint density at radius 3 is 2.62 bits per heavy atom. The van der Waals surface area contributed by atoms with E-state index in [1.54, 1.807) is 0 Å². The lowest BCUT2D eigenvalue weighted by Crippen LogP contribution is -2.00. The van der Waals surface area contributed by atoms with E-state index in [1.807, 2.05) is 0 Å². The topological polar surface area (TPSA) is 44.5 Å². The molecule has 0 aromatic heterocycles. The van der Waals surface area contributed by atoms with Crippen molar-refractivity contribution >= 4 is 0 Å². The van der Waals surface area contributed by atoms with Crippen LogP contribution in [0.5, 0.6) is 11.5 Å². The van der Waals surface area contributed by atoms with Gasteiger partial charge in [-0.3, -0.25) is 0 Å². The third-order valence-corrected chi connectivity index (χ3v) is 4.10. The van der Waals surface area contributed by atoms with Crippen LogP contribution in [-0.2, 0) is 13.0 Å². The number of fused-ring (bicyclic) bond motifs is 1. The molecule has 1 aliphatic carbocycles. The zero-order valence-electron chi connectivity index (χ0n) is 12.0. The van der Waals surface area contributed by atoms with Gasteiger partial charge in [0.2, 0.25) is 0 Å². The molecular weight excluding hydrogens is 262 g/mol. The Bertz CT molecular complexity index is 660. The van der Waals surface area contributed by atoms with Crippen molar-refractivity contribution < 1.29 is 9.47 Å². The molecule has 1 aliphatic heterocycles. The summed E-state index contributed by atoms with van der Waals surface area (Å²) in [6, 6.07) is 12.7. The molecule has 4 rings (SSSR count). The van der Waals surface area contributed by atoms with E-state index in [0.717, 1.165) is 30.1 Å². The fourth-order valence-corrected chi connectivity index (χ4v) is 2.81. The summed E-state index contributed by atoms with van der Waals surface area (Å²) in [5, 5.41) is 0. The summed E-state index contributed by atoms with van der Waals surface area (Å²) in [6.07, 6.45) is 3.79. The highest BCUT2D eigenvalue weighted by molar-refractivity contribution is 5.68. The van der Waals surface area contributed by atoms with Gasteiger partial charge in [0.1, 0.15) is 11.5 Å². The molecule has 2 aliphatic rings. The summed E-state index contributed by atoms with van der Waals surface area (Å²) in [5.74, 6) is 1.96. The van der Waals surface area contributed by atoms with E-state index in [-0.39, 0.29) is 0 Å². The van der Waals surface area contributed by atoms with Gasteiger partial charge in [0.15, 0.2) is 0 Å². The molecule has 0 radical (unpaired) electrons. The maximum absolute atomic E-state index is 5.86. The number of hydrogen-bond acceptors (Lipinski definition) is 3. The molecular formula is C18H19NO2. The SMILES string of the molecule is NCc1cc(-c2ccc(OC3CC3)cc2)cc2c1OCC2. The monoisotopic (exact) mass is 281 g/mol. The van der Waals surface area contributed by atoms with Crippen molar-refractivity contribution in [3.05, 3.63) is 47.5 Å². The van der Waals surface area contributed by atoms with Gasteiger partial charge in [0, 0.05) is 18.5 Å². The molecule has 0 saturated heterocycles. The molecule has 0 spiro atoms. The van der Waals surface area contributed by atoms with Crippen LogP contribution in [0.25, 0.3) is 11.1 Å². The lowest BCUT2D eigenvalue weighted by Gasteiger charge is -2.11. The van der Waals surface area contributed by atoms with Gasteiger partial charge < -0.3 is 15.2 Å². The average Bonchev–Trinajstić information content (AvgIpc) is 3.20. The molecule has 0 bridgehead atoms. The van der Waals surface area contributed by atoms with Crippen LogP contribution in [0.15, 0.2) is 36.4 Å². The Hall–Kier alpha value is -2.00. The van der Waals surface area contributed by atoms with Gasteiger partial charge in [-0.25, -0.2) is 0 Å². The van der Waals surface area contributed by atoms with Crippen molar-refractivity contribution in [2.75, 3.05) is 6.61 Å². The minimum atomic E-state index is 0.442. The highest BCUT2D eigenvalue weighted by atomic mass is 16.5. The fourth-order valence-electron chi connectivity index (χ4n) is 2.81. The largest absolute Gasteiger partial charge is 0.493 e. The van der Waals surface area contributed by atoms with Gasteiger partial charge >= 0.3 is 0 Å².